The number of phenols is 1. The Kier molecular flexibility index (Phi) is 5.83. The molecule has 0 spiro atoms. The summed E-state index contributed by atoms with van der Waals surface area (Å²) >= 11 is 0. The van der Waals surface area contributed by atoms with Gasteiger partial charge in [-0.3, -0.25) is 9.59 Å². The van der Waals surface area contributed by atoms with Gasteiger partial charge in [-0.1, -0.05) is 0 Å². The Hall–Kier alpha value is -3.49. The standard InChI is InChI=1S/C19H21N3O6/c1-26-15-6-12(7-16(27-2)18(15)24)9-20-21-19(25)13-8-17(23)22(10-13)11-14-4-3-5-28-14/h3-7,9,13,24H,8,10-11H2,1-2H3,(H,21,25)/b20-9+. The van der Waals surface area contributed by atoms with E-state index < -0.39 is 5.92 Å². The van der Waals surface area contributed by atoms with Crippen LogP contribution in [0.4, 0.5) is 0 Å². The van der Waals surface area contributed by atoms with E-state index in [4.69, 9.17) is 13.9 Å². The first-order valence-corrected chi connectivity index (χ1v) is 8.60. The van der Waals surface area contributed by atoms with Crippen LogP contribution in [-0.2, 0) is 16.1 Å². The molecule has 0 bridgehead atoms. The van der Waals surface area contributed by atoms with Crippen molar-refractivity contribution < 1.29 is 28.6 Å². The molecule has 3 rings (SSSR count). The summed E-state index contributed by atoms with van der Waals surface area (Å²) in [5.41, 5.74) is 3.01. The lowest BCUT2D eigenvalue weighted by molar-refractivity contribution is -0.129. The third-order valence-electron chi connectivity index (χ3n) is 4.40. The maximum absolute atomic E-state index is 12.3. The monoisotopic (exact) mass is 387 g/mol. The number of hydrogen-bond donors (Lipinski definition) is 2. The molecule has 1 aliphatic rings. The van der Waals surface area contributed by atoms with Crippen molar-refractivity contribution in [1.82, 2.24) is 10.3 Å². The molecule has 0 saturated carbocycles. The van der Waals surface area contributed by atoms with E-state index >= 15 is 0 Å². The lowest BCUT2D eigenvalue weighted by Crippen LogP contribution is -2.30. The number of amides is 2. The number of carbonyl (C=O) groups is 2. The number of benzene rings is 1. The van der Waals surface area contributed by atoms with Crippen LogP contribution in [0.2, 0.25) is 0 Å². The van der Waals surface area contributed by atoms with Gasteiger partial charge < -0.3 is 23.9 Å². The number of aromatic hydroxyl groups is 1. The molecule has 1 aromatic heterocycles. The highest BCUT2D eigenvalue weighted by Crippen LogP contribution is 2.36. The number of likely N-dealkylation sites (tertiary alicyclic amines) is 1. The third kappa shape index (κ3) is 4.25. The number of carbonyl (C=O) groups excluding carboxylic acids is 2. The van der Waals surface area contributed by atoms with E-state index in [1.54, 1.807) is 35.4 Å². The second kappa shape index (κ2) is 8.47. The van der Waals surface area contributed by atoms with Gasteiger partial charge in [-0.15, -0.1) is 0 Å². The molecule has 2 N–H and O–H groups in total. The number of ether oxygens (including phenoxy) is 2. The SMILES string of the molecule is COc1cc(/C=N/NC(=O)C2CC(=O)N(Cc3ccco3)C2)cc(OC)c1O. The van der Waals surface area contributed by atoms with E-state index in [1.807, 2.05) is 0 Å². The molecule has 1 atom stereocenters. The fourth-order valence-corrected chi connectivity index (χ4v) is 2.94. The first-order chi connectivity index (χ1) is 13.5. The zero-order valence-corrected chi connectivity index (χ0v) is 15.5. The van der Waals surface area contributed by atoms with E-state index in [1.165, 1.54) is 20.4 Å². The van der Waals surface area contributed by atoms with Gasteiger partial charge in [0.1, 0.15) is 5.76 Å². The molecule has 2 amide bonds. The summed E-state index contributed by atoms with van der Waals surface area (Å²) in [7, 11) is 2.84. The van der Waals surface area contributed by atoms with Gasteiger partial charge in [-0.05, 0) is 24.3 Å². The molecule has 9 heteroatoms. The Morgan fingerprint density at radius 1 is 1.39 bits per heavy atom. The van der Waals surface area contributed by atoms with Gasteiger partial charge in [-0.2, -0.15) is 5.10 Å². The van der Waals surface area contributed by atoms with E-state index in [0.717, 1.165) is 0 Å². The molecule has 1 aliphatic heterocycles. The number of nitrogens with one attached hydrogen (secondary N) is 1. The van der Waals surface area contributed by atoms with Crippen molar-refractivity contribution in [3.63, 3.8) is 0 Å². The second-order valence-electron chi connectivity index (χ2n) is 6.26. The van der Waals surface area contributed by atoms with Crippen LogP contribution < -0.4 is 14.9 Å². The number of furan rings is 1. The quantitative estimate of drug-likeness (QED) is 0.550. The summed E-state index contributed by atoms with van der Waals surface area (Å²) < 4.78 is 15.4. The topological polar surface area (TPSA) is 114 Å². The van der Waals surface area contributed by atoms with Gasteiger partial charge in [-0.25, -0.2) is 5.43 Å². The number of hydrogen-bond acceptors (Lipinski definition) is 7. The van der Waals surface area contributed by atoms with E-state index in [2.05, 4.69) is 10.5 Å². The van der Waals surface area contributed by atoms with Crippen molar-refractivity contribution in [2.75, 3.05) is 20.8 Å². The van der Waals surface area contributed by atoms with Crippen molar-refractivity contribution in [3.8, 4) is 17.2 Å². The zero-order chi connectivity index (χ0) is 20.1. The Morgan fingerprint density at radius 3 is 2.71 bits per heavy atom. The van der Waals surface area contributed by atoms with Crippen LogP contribution in [0, 0.1) is 5.92 Å². The smallest absolute Gasteiger partial charge is 0.245 e. The van der Waals surface area contributed by atoms with Crippen molar-refractivity contribution in [1.29, 1.82) is 0 Å². The predicted octanol–water partition coefficient (Wildman–Crippen LogP) is 1.50. The molecule has 2 heterocycles. The van der Waals surface area contributed by atoms with E-state index in [0.29, 0.717) is 24.4 Å². The molecular formula is C19H21N3O6. The van der Waals surface area contributed by atoms with E-state index in [9.17, 15) is 14.7 Å². The molecule has 9 nitrogen and oxygen atoms in total. The van der Waals surface area contributed by atoms with Gasteiger partial charge in [0.25, 0.3) is 0 Å². The highest BCUT2D eigenvalue weighted by molar-refractivity contribution is 5.90. The van der Waals surface area contributed by atoms with Gasteiger partial charge in [0.2, 0.25) is 17.6 Å². The molecule has 1 saturated heterocycles. The van der Waals surface area contributed by atoms with E-state index in [-0.39, 0.29) is 35.5 Å². The fourth-order valence-electron chi connectivity index (χ4n) is 2.94. The maximum Gasteiger partial charge on any atom is 0.245 e. The fraction of sp³-hybridized carbons (Fsp3) is 0.316. The number of phenolic OH excluding ortho intramolecular Hbond substituents is 1. The summed E-state index contributed by atoms with van der Waals surface area (Å²) in [5, 5.41) is 13.8. The van der Waals surface area contributed by atoms with Crippen LogP contribution in [0.5, 0.6) is 17.2 Å². The minimum Gasteiger partial charge on any atom is -0.502 e. The first-order valence-electron chi connectivity index (χ1n) is 8.60. The first kappa shape index (κ1) is 19.3. The number of nitrogens with zero attached hydrogens (tertiary/aromatic N) is 2. The predicted molar refractivity (Wildman–Crippen MR) is 99.2 cm³/mol. The lowest BCUT2D eigenvalue weighted by Gasteiger charge is -2.14. The summed E-state index contributed by atoms with van der Waals surface area (Å²) in [4.78, 5) is 26.0. The molecule has 0 aliphatic carbocycles. The van der Waals surface area contributed by atoms with Crippen LogP contribution >= 0.6 is 0 Å². The molecule has 0 radical (unpaired) electrons. The summed E-state index contributed by atoms with van der Waals surface area (Å²) in [6.07, 6.45) is 3.07. The third-order valence-corrected chi connectivity index (χ3v) is 4.40. The minimum atomic E-state index is -0.483. The zero-order valence-electron chi connectivity index (χ0n) is 15.5. The Bertz CT molecular complexity index is 853. The van der Waals surface area contributed by atoms with Gasteiger partial charge in [0.05, 0.1) is 39.2 Å². The molecule has 1 unspecified atom stereocenters. The number of rotatable bonds is 7. The Labute approximate surface area is 161 Å². The molecule has 28 heavy (non-hydrogen) atoms. The molecular weight excluding hydrogens is 366 g/mol. The van der Waals surface area contributed by atoms with Crippen LogP contribution in [0.15, 0.2) is 40.0 Å². The molecule has 2 aromatic rings. The minimum absolute atomic E-state index is 0.103. The lowest BCUT2D eigenvalue weighted by atomic mass is 10.1. The van der Waals surface area contributed by atoms with Crippen molar-refractivity contribution in [2.24, 2.45) is 11.0 Å². The normalized spacial score (nSPS) is 16.6. The number of methoxy groups -OCH3 is 2. The highest BCUT2D eigenvalue weighted by Gasteiger charge is 2.34. The second-order valence-corrected chi connectivity index (χ2v) is 6.26. The molecule has 1 fully saturated rings. The largest absolute Gasteiger partial charge is 0.502 e. The summed E-state index contributed by atoms with van der Waals surface area (Å²) in [6, 6.07) is 6.64. The van der Waals surface area contributed by atoms with Crippen LogP contribution in [0.3, 0.4) is 0 Å². The average Bonchev–Trinajstić information content (AvgIpc) is 3.33. The highest BCUT2D eigenvalue weighted by atomic mass is 16.5. The van der Waals surface area contributed by atoms with Crippen LogP contribution in [0.25, 0.3) is 0 Å². The maximum atomic E-state index is 12.3. The van der Waals surface area contributed by atoms with Gasteiger partial charge in [0, 0.05) is 18.5 Å². The summed E-state index contributed by atoms with van der Waals surface area (Å²) in [6.45, 7) is 0.647. The number of hydrazone groups is 1. The van der Waals surface area contributed by atoms with Crippen molar-refractivity contribution in [3.05, 3.63) is 41.9 Å². The molecule has 1 aromatic carbocycles. The Morgan fingerprint density at radius 2 is 2.11 bits per heavy atom. The van der Waals surface area contributed by atoms with Crippen LogP contribution in [-0.4, -0.2) is 48.8 Å². The summed E-state index contributed by atoms with van der Waals surface area (Å²) in [5.74, 6) is 0.0698. The van der Waals surface area contributed by atoms with Crippen molar-refractivity contribution >= 4 is 18.0 Å². The van der Waals surface area contributed by atoms with Gasteiger partial charge in [0.15, 0.2) is 11.5 Å². The van der Waals surface area contributed by atoms with Crippen LogP contribution in [0.1, 0.15) is 17.7 Å². The van der Waals surface area contributed by atoms with Crippen molar-refractivity contribution in [2.45, 2.75) is 13.0 Å². The van der Waals surface area contributed by atoms with Gasteiger partial charge >= 0.3 is 0 Å². The molecule has 148 valence electrons. The Balaban J connectivity index is 1.59. The average molecular weight is 387 g/mol.